The van der Waals surface area contributed by atoms with E-state index in [1.165, 1.54) is 24.0 Å². The minimum atomic E-state index is -1.07. The smallest absolute Gasteiger partial charge is 0.329 e. The molecule has 0 bridgehead atoms. The fourth-order valence-corrected chi connectivity index (χ4v) is 3.19. The van der Waals surface area contributed by atoms with E-state index in [0.29, 0.717) is 23.5 Å². The number of amides is 2. The third-order valence-electron chi connectivity index (χ3n) is 4.96. The molecule has 2 amide bonds. The second kappa shape index (κ2) is 12.0. The fourth-order valence-electron chi connectivity index (χ4n) is 3.19. The summed E-state index contributed by atoms with van der Waals surface area (Å²) >= 11 is 0. The van der Waals surface area contributed by atoms with E-state index in [1.807, 2.05) is 6.92 Å². The molecule has 0 aliphatic heterocycles. The zero-order valence-electron chi connectivity index (χ0n) is 19.6. The molecular formula is C25H31FN2O5. The monoisotopic (exact) mass is 458 g/mol. The van der Waals surface area contributed by atoms with Crippen LogP contribution < -0.4 is 10.1 Å². The van der Waals surface area contributed by atoms with Crippen molar-refractivity contribution in [3.63, 3.8) is 0 Å². The molecule has 1 N–H and O–H groups in total. The quantitative estimate of drug-likeness (QED) is 0.550. The summed E-state index contributed by atoms with van der Waals surface area (Å²) in [5, 5.41) is 2.68. The summed E-state index contributed by atoms with van der Waals surface area (Å²) in [6, 6.07) is 11.6. The number of esters is 1. The number of hydrogen-bond acceptors (Lipinski definition) is 5. The summed E-state index contributed by atoms with van der Waals surface area (Å²) in [5.41, 5.74) is 0.989. The van der Waals surface area contributed by atoms with Crippen molar-refractivity contribution in [2.75, 3.05) is 13.7 Å². The molecule has 33 heavy (non-hydrogen) atoms. The van der Waals surface area contributed by atoms with Crippen molar-refractivity contribution >= 4 is 17.8 Å². The van der Waals surface area contributed by atoms with Crippen LogP contribution >= 0.6 is 0 Å². The summed E-state index contributed by atoms with van der Waals surface area (Å²) in [5.74, 6) is -1.59. The first-order chi connectivity index (χ1) is 15.6. The van der Waals surface area contributed by atoms with Gasteiger partial charge in [0.1, 0.15) is 17.6 Å². The van der Waals surface area contributed by atoms with Crippen LogP contribution in [0.5, 0.6) is 5.75 Å². The van der Waals surface area contributed by atoms with Gasteiger partial charge in [-0.3, -0.25) is 9.59 Å². The maximum Gasteiger partial charge on any atom is 0.329 e. The van der Waals surface area contributed by atoms with Crippen molar-refractivity contribution < 1.29 is 28.2 Å². The summed E-state index contributed by atoms with van der Waals surface area (Å²) in [7, 11) is 1.55. The van der Waals surface area contributed by atoms with Gasteiger partial charge in [-0.25, -0.2) is 9.18 Å². The lowest BCUT2D eigenvalue weighted by molar-refractivity contribution is -0.161. The van der Waals surface area contributed by atoms with Crippen molar-refractivity contribution in [2.45, 2.75) is 46.4 Å². The number of nitrogens with one attached hydrogen (secondary N) is 1. The maximum absolute atomic E-state index is 13.4. The second-order valence-corrected chi connectivity index (χ2v) is 8.06. The number of halogens is 1. The van der Waals surface area contributed by atoms with Gasteiger partial charge in [0.2, 0.25) is 0 Å². The lowest BCUT2D eigenvalue weighted by atomic mass is 10.0. The zero-order chi connectivity index (χ0) is 24.5. The number of ether oxygens (including phenoxy) is 2. The number of nitrogens with zero attached hydrogens (tertiary/aromatic N) is 1. The molecule has 0 aromatic heterocycles. The molecule has 0 fully saturated rings. The Kier molecular flexibility index (Phi) is 9.39. The lowest BCUT2D eigenvalue weighted by Crippen LogP contribution is -2.47. The van der Waals surface area contributed by atoms with Crippen LogP contribution in [0.3, 0.4) is 0 Å². The second-order valence-electron chi connectivity index (χ2n) is 8.06. The largest absolute Gasteiger partial charge is 0.494 e. The minimum Gasteiger partial charge on any atom is -0.494 e. The van der Waals surface area contributed by atoms with Crippen molar-refractivity contribution in [1.82, 2.24) is 10.2 Å². The maximum atomic E-state index is 13.4. The number of likely N-dealkylation sites (N-methyl/N-ethyl adjacent to an activating group) is 1. The van der Waals surface area contributed by atoms with Gasteiger partial charge in [-0.1, -0.05) is 26.0 Å². The van der Waals surface area contributed by atoms with Gasteiger partial charge in [-0.2, -0.15) is 0 Å². The van der Waals surface area contributed by atoms with Crippen LogP contribution in [-0.4, -0.2) is 48.5 Å². The highest BCUT2D eigenvalue weighted by molar-refractivity contribution is 5.97. The van der Waals surface area contributed by atoms with E-state index < -0.39 is 35.7 Å². The summed E-state index contributed by atoms with van der Waals surface area (Å²) in [6.45, 7) is 7.56. The number of carbonyl (C=O) groups is 3. The van der Waals surface area contributed by atoms with E-state index in [9.17, 15) is 18.8 Å². The third kappa shape index (κ3) is 7.59. The van der Waals surface area contributed by atoms with Gasteiger partial charge in [0, 0.05) is 19.2 Å². The van der Waals surface area contributed by atoms with Gasteiger partial charge in [-0.15, -0.1) is 0 Å². The molecule has 2 aromatic carbocycles. The SMILES string of the molecule is CCOc1ccc(C(=O)N[C@H](C(=O)OC(C)C(=O)N(C)Cc2cccc(F)c2)C(C)C)cc1. The molecule has 0 aliphatic rings. The Bertz CT molecular complexity index is 962. The number of carbonyl (C=O) groups excluding carboxylic acids is 3. The topological polar surface area (TPSA) is 84.9 Å². The molecule has 7 nitrogen and oxygen atoms in total. The molecule has 0 radical (unpaired) electrons. The third-order valence-corrected chi connectivity index (χ3v) is 4.96. The van der Waals surface area contributed by atoms with Gasteiger partial charge in [0.15, 0.2) is 6.10 Å². The summed E-state index contributed by atoms with van der Waals surface area (Å²) in [4.78, 5) is 39.4. The van der Waals surface area contributed by atoms with Crippen LogP contribution in [-0.2, 0) is 20.9 Å². The Morgan fingerprint density at radius 1 is 1.06 bits per heavy atom. The average Bonchev–Trinajstić information content (AvgIpc) is 2.77. The Labute approximate surface area is 193 Å². The van der Waals surface area contributed by atoms with Crippen LogP contribution in [0.4, 0.5) is 4.39 Å². The van der Waals surface area contributed by atoms with Crippen molar-refractivity contribution in [3.8, 4) is 5.75 Å². The predicted molar refractivity (Wildman–Crippen MR) is 122 cm³/mol. The van der Waals surface area contributed by atoms with E-state index in [0.717, 1.165) is 0 Å². The lowest BCUT2D eigenvalue weighted by Gasteiger charge is -2.25. The Balaban J connectivity index is 1.98. The van der Waals surface area contributed by atoms with Crippen molar-refractivity contribution in [3.05, 3.63) is 65.5 Å². The van der Waals surface area contributed by atoms with Crippen LogP contribution in [0.15, 0.2) is 48.5 Å². The van der Waals surface area contributed by atoms with Gasteiger partial charge in [0.05, 0.1) is 6.61 Å². The van der Waals surface area contributed by atoms with E-state index in [-0.39, 0.29) is 12.5 Å². The number of benzene rings is 2. The predicted octanol–water partition coefficient (Wildman–Crippen LogP) is 3.57. The molecule has 2 atom stereocenters. The molecule has 0 heterocycles. The van der Waals surface area contributed by atoms with E-state index in [2.05, 4.69) is 5.32 Å². The number of rotatable bonds is 10. The molecule has 1 unspecified atom stereocenters. The van der Waals surface area contributed by atoms with E-state index >= 15 is 0 Å². The van der Waals surface area contributed by atoms with Gasteiger partial charge >= 0.3 is 5.97 Å². The molecule has 0 aliphatic carbocycles. The molecule has 0 spiro atoms. The minimum absolute atomic E-state index is 0.167. The van der Waals surface area contributed by atoms with Gasteiger partial charge in [0.25, 0.3) is 11.8 Å². The van der Waals surface area contributed by atoms with Crippen LogP contribution in [0.25, 0.3) is 0 Å². The highest BCUT2D eigenvalue weighted by Gasteiger charge is 2.30. The first-order valence-electron chi connectivity index (χ1n) is 10.9. The van der Waals surface area contributed by atoms with Crippen LogP contribution in [0.2, 0.25) is 0 Å². The standard InChI is InChI=1S/C25H31FN2O5/c1-6-32-21-12-10-19(11-13-21)23(29)27-22(16(2)3)25(31)33-17(4)24(30)28(5)15-18-8-7-9-20(26)14-18/h7-14,16-17,22H,6,15H2,1-5H3,(H,27,29)/t17?,22-/m0/s1. The molecular weight excluding hydrogens is 427 g/mol. The molecule has 178 valence electrons. The first-order valence-corrected chi connectivity index (χ1v) is 10.9. The molecule has 0 saturated carbocycles. The van der Waals surface area contributed by atoms with Crippen LogP contribution in [0, 0.1) is 11.7 Å². The first kappa shape index (κ1) is 25.8. The average molecular weight is 459 g/mol. The fraction of sp³-hybridized carbons (Fsp3) is 0.400. The van der Waals surface area contributed by atoms with Crippen molar-refractivity contribution in [1.29, 1.82) is 0 Å². The Morgan fingerprint density at radius 3 is 2.30 bits per heavy atom. The Hall–Kier alpha value is -3.42. The molecule has 2 aromatic rings. The Morgan fingerprint density at radius 2 is 1.73 bits per heavy atom. The summed E-state index contributed by atoms with van der Waals surface area (Å²) < 4.78 is 24.1. The molecule has 0 saturated heterocycles. The van der Waals surface area contributed by atoms with Crippen LogP contribution in [0.1, 0.15) is 43.6 Å². The number of hydrogen-bond donors (Lipinski definition) is 1. The molecule has 2 rings (SSSR count). The highest BCUT2D eigenvalue weighted by Crippen LogP contribution is 2.14. The van der Waals surface area contributed by atoms with Crippen molar-refractivity contribution in [2.24, 2.45) is 5.92 Å². The van der Waals surface area contributed by atoms with E-state index in [4.69, 9.17) is 9.47 Å². The zero-order valence-corrected chi connectivity index (χ0v) is 19.6. The normalized spacial score (nSPS) is 12.6. The highest BCUT2D eigenvalue weighted by atomic mass is 19.1. The van der Waals surface area contributed by atoms with E-state index in [1.54, 1.807) is 57.3 Å². The van der Waals surface area contributed by atoms with Gasteiger partial charge in [-0.05, 0) is 61.7 Å². The molecule has 8 heteroatoms. The summed E-state index contributed by atoms with van der Waals surface area (Å²) in [6.07, 6.45) is -1.07. The van der Waals surface area contributed by atoms with Gasteiger partial charge < -0.3 is 19.7 Å².